The zero-order chi connectivity index (χ0) is 7.56. The third-order valence-electron chi connectivity index (χ3n) is 0.996. The molecule has 10 heavy (non-hydrogen) atoms. The molecule has 0 fully saturated rings. The van der Waals surface area contributed by atoms with Crippen molar-refractivity contribution in [2.24, 2.45) is 0 Å². The lowest BCUT2D eigenvalue weighted by atomic mass is 10.5. The predicted molar refractivity (Wildman–Crippen MR) is 31.9 cm³/mol. The summed E-state index contributed by atoms with van der Waals surface area (Å²) in [6.45, 7) is 0. The van der Waals surface area contributed by atoms with Crippen LogP contribution in [-0.4, -0.2) is 12.0 Å². The molecule has 0 unspecified atom stereocenters. The maximum Gasteiger partial charge on any atom is 0.475 e. The highest BCUT2D eigenvalue weighted by atomic mass is 16.7. The van der Waals surface area contributed by atoms with Crippen molar-refractivity contribution in [3.8, 4) is 5.75 Å². The van der Waals surface area contributed by atoms with Crippen molar-refractivity contribution in [3.05, 3.63) is 22.4 Å². The van der Waals surface area contributed by atoms with E-state index in [0.29, 0.717) is 0 Å². The van der Waals surface area contributed by atoms with Gasteiger partial charge in [0, 0.05) is 6.07 Å². The second kappa shape index (κ2) is 2.38. The molecule has 1 heterocycles. The molecule has 0 spiro atoms. The van der Waals surface area contributed by atoms with Crippen LogP contribution in [0.1, 0.15) is 0 Å². The number of hydrogen-bond acceptors (Lipinski definition) is 4. The Bertz CT molecular complexity index is 242. The molecular weight excluding hydrogens is 138 g/mol. The Kier molecular flexibility index (Phi) is 1.57. The normalized spacial score (nSPS) is 9.30. The first-order valence-corrected chi connectivity index (χ1v) is 2.51. The Morgan fingerprint density at radius 1 is 1.80 bits per heavy atom. The van der Waals surface area contributed by atoms with Gasteiger partial charge in [-0.1, -0.05) is 0 Å². The average Bonchev–Trinajstić information content (AvgIpc) is 2.33. The molecule has 0 atom stereocenters. The Labute approximate surface area is 56.4 Å². The first-order chi connectivity index (χ1) is 4.75. The standard InChI is InChI=1S/C5H5NO4/c1-9-4-2-3-10-5(4)6(7)8/h2-3H,1H3. The van der Waals surface area contributed by atoms with Gasteiger partial charge in [0.05, 0.1) is 7.11 Å². The van der Waals surface area contributed by atoms with Gasteiger partial charge in [-0.05, 0) is 0 Å². The number of rotatable bonds is 2. The van der Waals surface area contributed by atoms with Crippen LogP contribution >= 0.6 is 0 Å². The van der Waals surface area contributed by atoms with Crippen molar-refractivity contribution in [3.63, 3.8) is 0 Å². The summed E-state index contributed by atoms with van der Waals surface area (Å²) in [6.07, 6.45) is 1.21. The van der Waals surface area contributed by atoms with Crippen molar-refractivity contribution >= 4 is 5.88 Å². The van der Waals surface area contributed by atoms with E-state index in [9.17, 15) is 10.1 Å². The second-order valence-corrected chi connectivity index (χ2v) is 1.55. The Morgan fingerprint density at radius 2 is 2.50 bits per heavy atom. The minimum Gasteiger partial charge on any atom is -0.488 e. The number of hydrogen-bond donors (Lipinski definition) is 0. The van der Waals surface area contributed by atoms with Crippen LogP contribution in [-0.2, 0) is 0 Å². The van der Waals surface area contributed by atoms with Gasteiger partial charge in [0.25, 0.3) is 0 Å². The number of methoxy groups -OCH3 is 1. The van der Waals surface area contributed by atoms with Crippen LogP contribution in [0.3, 0.4) is 0 Å². The molecule has 0 bridgehead atoms. The molecule has 0 N–H and O–H groups in total. The third kappa shape index (κ3) is 0.928. The predicted octanol–water partition coefficient (Wildman–Crippen LogP) is 1.20. The van der Waals surface area contributed by atoms with Gasteiger partial charge in [-0.2, -0.15) is 0 Å². The summed E-state index contributed by atoms with van der Waals surface area (Å²) in [5.41, 5.74) is 0. The minimum atomic E-state index is -0.640. The highest BCUT2D eigenvalue weighted by Gasteiger charge is 2.17. The van der Waals surface area contributed by atoms with Gasteiger partial charge in [-0.15, -0.1) is 0 Å². The lowest BCUT2D eigenvalue weighted by Crippen LogP contribution is -1.88. The fourth-order valence-electron chi connectivity index (χ4n) is 0.578. The van der Waals surface area contributed by atoms with Crippen molar-refractivity contribution < 1.29 is 14.1 Å². The smallest absolute Gasteiger partial charge is 0.475 e. The summed E-state index contributed by atoms with van der Waals surface area (Å²) in [6, 6.07) is 1.39. The first kappa shape index (κ1) is 6.60. The summed E-state index contributed by atoms with van der Waals surface area (Å²) >= 11 is 0. The molecule has 0 saturated carbocycles. The van der Waals surface area contributed by atoms with E-state index in [1.165, 1.54) is 19.4 Å². The fourth-order valence-corrected chi connectivity index (χ4v) is 0.578. The minimum absolute atomic E-state index is 0.144. The van der Waals surface area contributed by atoms with Crippen LogP contribution in [0.2, 0.25) is 0 Å². The van der Waals surface area contributed by atoms with E-state index in [1.807, 2.05) is 0 Å². The fraction of sp³-hybridized carbons (Fsp3) is 0.200. The summed E-state index contributed by atoms with van der Waals surface area (Å²) in [7, 11) is 1.35. The second-order valence-electron chi connectivity index (χ2n) is 1.55. The van der Waals surface area contributed by atoms with Crippen LogP contribution in [0.4, 0.5) is 5.88 Å². The van der Waals surface area contributed by atoms with E-state index in [0.717, 1.165) is 0 Å². The lowest BCUT2D eigenvalue weighted by Gasteiger charge is -1.89. The Morgan fingerprint density at radius 3 is 2.90 bits per heavy atom. The highest BCUT2D eigenvalue weighted by molar-refractivity contribution is 5.35. The zero-order valence-corrected chi connectivity index (χ0v) is 5.23. The Balaban J connectivity index is 3.01. The molecule has 54 valence electrons. The monoisotopic (exact) mass is 143 g/mol. The third-order valence-corrected chi connectivity index (χ3v) is 0.996. The quantitative estimate of drug-likeness (QED) is 0.460. The Hall–Kier alpha value is -1.52. The van der Waals surface area contributed by atoms with E-state index >= 15 is 0 Å². The van der Waals surface area contributed by atoms with Gasteiger partial charge in [-0.3, -0.25) is 10.1 Å². The molecule has 0 aliphatic heterocycles. The molecule has 1 rings (SSSR count). The molecule has 0 aliphatic rings. The van der Waals surface area contributed by atoms with Crippen molar-refractivity contribution in [2.75, 3.05) is 7.11 Å². The van der Waals surface area contributed by atoms with Crippen LogP contribution in [0.15, 0.2) is 16.7 Å². The molecule has 0 amide bonds. The van der Waals surface area contributed by atoms with E-state index in [4.69, 9.17) is 0 Å². The SMILES string of the molecule is COc1ccoc1[N+](=O)[O-]. The molecule has 1 aromatic rings. The topological polar surface area (TPSA) is 65.5 Å². The summed E-state index contributed by atoms with van der Waals surface area (Å²) in [5.74, 6) is -0.215. The number of nitrogens with zero attached hydrogens (tertiary/aromatic N) is 1. The van der Waals surface area contributed by atoms with Crippen LogP contribution in [0.5, 0.6) is 5.75 Å². The highest BCUT2D eigenvalue weighted by Crippen LogP contribution is 2.26. The van der Waals surface area contributed by atoms with Crippen molar-refractivity contribution in [1.29, 1.82) is 0 Å². The molecule has 0 aromatic carbocycles. The molecule has 0 aliphatic carbocycles. The van der Waals surface area contributed by atoms with E-state index in [-0.39, 0.29) is 11.6 Å². The molecular formula is C5H5NO4. The van der Waals surface area contributed by atoms with E-state index in [1.54, 1.807) is 0 Å². The van der Waals surface area contributed by atoms with Gasteiger partial charge in [0.1, 0.15) is 11.2 Å². The van der Waals surface area contributed by atoms with E-state index in [2.05, 4.69) is 9.15 Å². The largest absolute Gasteiger partial charge is 0.488 e. The molecule has 0 saturated heterocycles. The number of nitro groups is 1. The molecule has 0 radical (unpaired) electrons. The molecule has 5 heteroatoms. The maximum absolute atomic E-state index is 10.1. The van der Waals surface area contributed by atoms with Crippen molar-refractivity contribution in [1.82, 2.24) is 0 Å². The van der Waals surface area contributed by atoms with Crippen LogP contribution < -0.4 is 4.74 Å². The van der Waals surface area contributed by atoms with E-state index < -0.39 is 4.92 Å². The van der Waals surface area contributed by atoms with Gasteiger partial charge in [0.15, 0.2) is 0 Å². The maximum atomic E-state index is 10.1. The van der Waals surface area contributed by atoms with Crippen LogP contribution in [0, 0.1) is 10.1 Å². The summed E-state index contributed by atoms with van der Waals surface area (Å²) in [4.78, 5) is 9.43. The number of ether oxygens (including phenoxy) is 1. The first-order valence-electron chi connectivity index (χ1n) is 2.51. The molecule has 1 aromatic heterocycles. The summed E-state index contributed by atoms with van der Waals surface area (Å²) < 4.78 is 9.10. The lowest BCUT2D eigenvalue weighted by molar-refractivity contribution is -0.403. The van der Waals surface area contributed by atoms with Crippen molar-refractivity contribution in [2.45, 2.75) is 0 Å². The molecule has 5 nitrogen and oxygen atoms in total. The van der Waals surface area contributed by atoms with Gasteiger partial charge in [0.2, 0.25) is 5.75 Å². The summed E-state index contributed by atoms with van der Waals surface area (Å²) in [5, 5.41) is 10.1. The average molecular weight is 143 g/mol. The number of furan rings is 1. The van der Waals surface area contributed by atoms with Crippen LogP contribution in [0.25, 0.3) is 0 Å². The van der Waals surface area contributed by atoms with Gasteiger partial charge >= 0.3 is 5.88 Å². The van der Waals surface area contributed by atoms with Gasteiger partial charge in [-0.25, -0.2) is 0 Å². The zero-order valence-electron chi connectivity index (χ0n) is 5.23. The van der Waals surface area contributed by atoms with Gasteiger partial charge < -0.3 is 9.15 Å².